The molecular weight excluding hydrogens is 420 g/mol. The molecule has 2 aromatic rings. The lowest BCUT2D eigenvalue weighted by Crippen LogP contribution is -2.40. The minimum Gasteiger partial charge on any atom is -0.493 e. The average molecular weight is 447 g/mol. The monoisotopic (exact) mass is 446 g/mol. The summed E-state index contributed by atoms with van der Waals surface area (Å²) in [5, 5.41) is 2.70. The molecule has 9 heteroatoms. The maximum atomic E-state index is 12.7. The first kappa shape index (κ1) is 22.8. The lowest BCUT2D eigenvalue weighted by atomic mass is 10.2. The Labute approximate surface area is 182 Å². The topological polar surface area (TPSA) is 94.2 Å². The van der Waals surface area contributed by atoms with Crippen molar-refractivity contribution in [3.05, 3.63) is 54.1 Å². The molecule has 0 radical (unpaired) electrons. The molecule has 0 atom stereocenters. The van der Waals surface area contributed by atoms with Gasteiger partial charge >= 0.3 is 0 Å². The van der Waals surface area contributed by atoms with E-state index in [-0.39, 0.29) is 17.4 Å². The van der Waals surface area contributed by atoms with Crippen LogP contribution in [-0.4, -0.2) is 58.7 Å². The SMILES string of the molecule is C/C=C/c1ccc(OCC(=O)Nc2ccc(S(=O)(=O)N3CCOCC3)cc2)c(OC)c1. The molecule has 8 nitrogen and oxygen atoms in total. The van der Waals surface area contributed by atoms with Gasteiger partial charge in [-0.1, -0.05) is 18.2 Å². The number of carbonyl (C=O) groups excluding carboxylic acids is 1. The largest absolute Gasteiger partial charge is 0.493 e. The van der Waals surface area contributed by atoms with E-state index in [0.717, 1.165) is 5.56 Å². The van der Waals surface area contributed by atoms with Gasteiger partial charge in [0.2, 0.25) is 10.0 Å². The zero-order valence-electron chi connectivity index (χ0n) is 17.5. The molecule has 1 heterocycles. The van der Waals surface area contributed by atoms with Crippen molar-refractivity contribution in [2.75, 3.05) is 45.3 Å². The van der Waals surface area contributed by atoms with Gasteiger partial charge in [0.05, 0.1) is 25.2 Å². The van der Waals surface area contributed by atoms with Gasteiger partial charge in [0.25, 0.3) is 5.91 Å². The number of allylic oxidation sites excluding steroid dienone is 1. The number of ether oxygens (including phenoxy) is 3. The van der Waals surface area contributed by atoms with Crippen molar-refractivity contribution >= 4 is 27.7 Å². The number of amides is 1. The number of rotatable bonds is 8. The van der Waals surface area contributed by atoms with Crippen LogP contribution >= 0.6 is 0 Å². The van der Waals surface area contributed by atoms with Crippen LogP contribution in [0.25, 0.3) is 6.08 Å². The number of benzene rings is 2. The van der Waals surface area contributed by atoms with Crippen molar-refractivity contribution in [1.82, 2.24) is 4.31 Å². The molecule has 0 unspecified atom stereocenters. The van der Waals surface area contributed by atoms with E-state index in [1.807, 2.05) is 31.2 Å². The predicted molar refractivity (Wildman–Crippen MR) is 118 cm³/mol. The second kappa shape index (κ2) is 10.4. The highest BCUT2D eigenvalue weighted by Crippen LogP contribution is 2.28. The number of hydrogen-bond donors (Lipinski definition) is 1. The number of nitrogens with one attached hydrogen (secondary N) is 1. The molecule has 0 spiro atoms. The Bertz CT molecular complexity index is 1030. The number of carbonyl (C=O) groups is 1. The summed E-state index contributed by atoms with van der Waals surface area (Å²) in [5.41, 5.74) is 1.44. The standard InChI is InChI=1S/C22H26N2O6S/c1-3-4-17-5-10-20(21(15-17)28-2)30-16-22(25)23-18-6-8-19(9-7-18)31(26,27)24-11-13-29-14-12-24/h3-10,15H,11-14,16H2,1-2H3,(H,23,25)/b4-3+. The second-order valence-electron chi connectivity index (χ2n) is 6.79. The van der Waals surface area contributed by atoms with Crippen molar-refractivity contribution in [3.63, 3.8) is 0 Å². The van der Waals surface area contributed by atoms with Crippen LogP contribution in [0, 0.1) is 0 Å². The minimum absolute atomic E-state index is 0.176. The molecule has 1 amide bonds. The number of sulfonamides is 1. The summed E-state index contributed by atoms with van der Waals surface area (Å²) in [6.07, 6.45) is 3.85. The molecule has 2 aromatic carbocycles. The van der Waals surface area contributed by atoms with Crippen LogP contribution in [0.3, 0.4) is 0 Å². The predicted octanol–water partition coefficient (Wildman–Crippen LogP) is 2.77. The van der Waals surface area contributed by atoms with Gasteiger partial charge in [0, 0.05) is 18.8 Å². The Morgan fingerprint density at radius 1 is 1.13 bits per heavy atom. The van der Waals surface area contributed by atoms with E-state index in [2.05, 4.69) is 5.32 Å². The molecule has 1 N–H and O–H groups in total. The van der Waals surface area contributed by atoms with Gasteiger partial charge in [-0.15, -0.1) is 0 Å². The highest BCUT2D eigenvalue weighted by Gasteiger charge is 2.26. The highest BCUT2D eigenvalue weighted by atomic mass is 32.2. The van der Waals surface area contributed by atoms with Crippen LogP contribution in [-0.2, 0) is 19.6 Å². The van der Waals surface area contributed by atoms with E-state index in [4.69, 9.17) is 14.2 Å². The fourth-order valence-corrected chi connectivity index (χ4v) is 4.49. The maximum absolute atomic E-state index is 12.7. The van der Waals surface area contributed by atoms with E-state index in [0.29, 0.717) is 43.5 Å². The van der Waals surface area contributed by atoms with Gasteiger partial charge < -0.3 is 19.5 Å². The third-order valence-electron chi connectivity index (χ3n) is 4.65. The van der Waals surface area contributed by atoms with E-state index in [1.54, 1.807) is 18.2 Å². The first-order valence-electron chi connectivity index (χ1n) is 9.85. The summed E-state index contributed by atoms with van der Waals surface area (Å²) in [5.74, 6) is 0.613. The van der Waals surface area contributed by atoms with Gasteiger partial charge in [-0.3, -0.25) is 4.79 Å². The fraction of sp³-hybridized carbons (Fsp3) is 0.318. The number of morpholine rings is 1. The van der Waals surface area contributed by atoms with E-state index in [1.165, 1.54) is 23.5 Å². The van der Waals surface area contributed by atoms with Crippen LogP contribution in [0.15, 0.2) is 53.4 Å². The number of nitrogens with zero attached hydrogens (tertiary/aromatic N) is 1. The van der Waals surface area contributed by atoms with E-state index < -0.39 is 10.0 Å². The molecule has 0 saturated carbocycles. The zero-order chi connectivity index (χ0) is 22.3. The lowest BCUT2D eigenvalue weighted by molar-refractivity contribution is -0.118. The fourth-order valence-electron chi connectivity index (χ4n) is 3.09. The molecule has 0 aliphatic carbocycles. The lowest BCUT2D eigenvalue weighted by Gasteiger charge is -2.26. The molecule has 1 saturated heterocycles. The molecule has 0 bridgehead atoms. The van der Waals surface area contributed by atoms with Crippen LogP contribution in [0.1, 0.15) is 12.5 Å². The van der Waals surface area contributed by atoms with Crippen LogP contribution < -0.4 is 14.8 Å². The van der Waals surface area contributed by atoms with Crippen molar-refractivity contribution in [2.24, 2.45) is 0 Å². The Balaban J connectivity index is 1.59. The third-order valence-corrected chi connectivity index (χ3v) is 6.56. The minimum atomic E-state index is -3.57. The summed E-state index contributed by atoms with van der Waals surface area (Å²) in [7, 11) is -2.04. The summed E-state index contributed by atoms with van der Waals surface area (Å²) < 4.78 is 42.8. The number of hydrogen-bond acceptors (Lipinski definition) is 6. The maximum Gasteiger partial charge on any atom is 0.262 e. The van der Waals surface area contributed by atoms with Crippen molar-refractivity contribution in [3.8, 4) is 11.5 Å². The number of methoxy groups -OCH3 is 1. The Hall–Kier alpha value is -2.88. The molecular formula is C22H26N2O6S. The summed E-state index contributed by atoms with van der Waals surface area (Å²) >= 11 is 0. The second-order valence-corrected chi connectivity index (χ2v) is 8.73. The molecule has 1 aliphatic rings. The molecule has 3 rings (SSSR count). The molecule has 166 valence electrons. The van der Waals surface area contributed by atoms with Crippen LogP contribution in [0.5, 0.6) is 11.5 Å². The first-order valence-corrected chi connectivity index (χ1v) is 11.3. The molecule has 1 fully saturated rings. The van der Waals surface area contributed by atoms with Gasteiger partial charge in [0.15, 0.2) is 18.1 Å². The first-order chi connectivity index (χ1) is 14.9. The Morgan fingerprint density at radius 2 is 1.84 bits per heavy atom. The Kier molecular flexibility index (Phi) is 7.67. The van der Waals surface area contributed by atoms with Gasteiger partial charge in [0.1, 0.15) is 0 Å². The van der Waals surface area contributed by atoms with Crippen LogP contribution in [0.2, 0.25) is 0 Å². The normalized spacial score (nSPS) is 15.0. The van der Waals surface area contributed by atoms with Gasteiger partial charge in [-0.25, -0.2) is 8.42 Å². The summed E-state index contributed by atoms with van der Waals surface area (Å²) in [6, 6.07) is 11.5. The third kappa shape index (κ3) is 5.84. The zero-order valence-corrected chi connectivity index (χ0v) is 18.4. The molecule has 1 aliphatic heterocycles. The smallest absolute Gasteiger partial charge is 0.262 e. The molecule has 0 aromatic heterocycles. The molecule has 31 heavy (non-hydrogen) atoms. The van der Waals surface area contributed by atoms with Crippen molar-refractivity contribution < 1.29 is 27.4 Å². The summed E-state index contributed by atoms with van der Waals surface area (Å²) in [6.45, 7) is 3.14. The van der Waals surface area contributed by atoms with Gasteiger partial charge in [-0.2, -0.15) is 4.31 Å². The summed E-state index contributed by atoms with van der Waals surface area (Å²) in [4.78, 5) is 12.4. The Morgan fingerprint density at radius 3 is 2.48 bits per heavy atom. The van der Waals surface area contributed by atoms with Crippen molar-refractivity contribution in [1.29, 1.82) is 0 Å². The highest BCUT2D eigenvalue weighted by molar-refractivity contribution is 7.89. The van der Waals surface area contributed by atoms with Crippen molar-refractivity contribution in [2.45, 2.75) is 11.8 Å². The van der Waals surface area contributed by atoms with Gasteiger partial charge in [-0.05, 0) is 48.9 Å². The average Bonchev–Trinajstić information content (AvgIpc) is 2.79. The van der Waals surface area contributed by atoms with Crippen LogP contribution in [0.4, 0.5) is 5.69 Å². The quantitative estimate of drug-likeness (QED) is 0.670. The number of anilines is 1. The van der Waals surface area contributed by atoms with E-state index >= 15 is 0 Å². The van der Waals surface area contributed by atoms with E-state index in [9.17, 15) is 13.2 Å².